The number of hydrogen-bond acceptors (Lipinski definition) is 5. The summed E-state index contributed by atoms with van der Waals surface area (Å²) < 4.78 is 5.36. The number of amides is 1. The number of anilines is 1. The van der Waals surface area contributed by atoms with E-state index in [2.05, 4.69) is 17.2 Å². The molecule has 1 aliphatic rings. The summed E-state index contributed by atoms with van der Waals surface area (Å²) >= 11 is 1.50. The number of pyridine rings is 1. The van der Waals surface area contributed by atoms with Crippen LogP contribution in [0.15, 0.2) is 24.5 Å². The Kier molecular flexibility index (Phi) is 5.48. The molecule has 0 spiro atoms. The van der Waals surface area contributed by atoms with Gasteiger partial charge in [-0.2, -0.15) is 0 Å². The number of thiophene rings is 1. The highest BCUT2D eigenvalue weighted by molar-refractivity contribution is 7.17. The molecule has 2 heterocycles. The highest BCUT2D eigenvalue weighted by atomic mass is 32.1. The topological polar surface area (TPSA) is 68.3 Å². The lowest BCUT2D eigenvalue weighted by Gasteiger charge is -2.18. The molecule has 0 radical (unpaired) electrons. The molecule has 1 N–H and O–H groups in total. The lowest BCUT2D eigenvalue weighted by atomic mass is 9.88. The van der Waals surface area contributed by atoms with Crippen LogP contribution in [-0.2, 0) is 17.6 Å². The minimum absolute atomic E-state index is 0.260. The molecular weight excluding hydrogens is 336 g/mol. The van der Waals surface area contributed by atoms with Gasteiger partial charge in [0, 0.05) is 17.3 Å². The van der Waals surface area contributed by atoms with E-state index in [9.17, 15) is 9.59 Å². The van der Waals surface area contributed by atoms with Gasteiger partial charge in [0.05, 0.1) is 17.7 Å². The molecule has 0 saturated heterocycles. The summed E-state index contributed by atoms with van der Waals surface area (Å²) in [6, 6.07) is 3.42. The van der Waals surface area contributed by atoms with Gasteiger partial charge in [-0.25, -0.2) is 4.79 Å². The van der Waals surface area contributed by atoms with Crippen LogP contribution < -0.4 is 5.32 Å². The van der Waals surface area contributed by atoms with Crippen molar-refractivity contribution in [1.29, 1.82) is 0 Å². The van der Waals surface area contributed by atoms with Crippen LogP contribution >= 0.6 is 11.3 Å². The fourth-order valence-corrected chi connectivity index (χ4v) is 4.39. The number of hydrogen-bond donors (Lipinski definition) is 1. The standard InChI is InChI=1S/C19H22N2O3S/c1-3-9-24-19(23)16-14-7-6-12(2)10-15(14)25-18(16)21-17(22)13-5-4-8-20-11-13/h4-5,8,11-12H,3,6-7,9-10H2,1-2H3,(H,21,22)/t12-/m1/s1. The molecule has 5 nitrogen and oxygen atoms in total. The van der Waals surface area contributed by atoms with E-state index in [-0.39, 0.29) is 11.9 Å². The summed E-state index contributed by atoms with van der Waals surface area (Å²) in [5, 5.41) is 3.49. The molecule has 3 rings (SSSR count). The van der Waals surface area contributed by atoms with Crippen LogP contribution in [0.5, 0.6) is 0 Å². The molecule has 0 bridgehead atoms. The number of carbonyl (C=O) groups is 2. The Morgan fingerprint density at radius 1 is 1.44 bits per heavy atom. The van der Waals surface area contributed by atoms with Gasteiger partial charge in [0.15, 0.2) is 0 Å². The maximum absolute atomic E-state index is 12.6. The highest BCUT2D eigenvalue weighted by Crippen LogP contribution is 2.40. The zero-order chi connectivity index (χ0) is 17.8. The minimum Gasteiger partial charge on any atom is -0.462 e. The van der Waals surface area contributed by atoms with E-state index in [1.54, 1.807) is 18.3 Å². The summed E-state index contributed by atoms with van der Waals surface area (Å²) in [7, 11) is 0. The molecule has 0 saturated carbocycles. The van der Waals surface area contributed by atoms with Gasteiger partial charge in [0.1, 0.15) is 5.00 Å². The van der Waals surface area contributed by atoms with Crippen LogP contribution in [-0.4, -0.2) is 23.5 Å². The van der Waals surface area contributed by atoms with Gasteiger partial charge in [-0.1, -0.05) is 13.8 Å². The second-order valence-electron chi connectivity index (χ2n) is 6.39. The average Bonchev–Trinajstić information content (AvgIpc) is 2.97. The predicted octanol–water partition coefficient (Wildman–Crippen LogP) is 4.09. The largest absolute Gasteiger partial charge is 0.462 e. The first-order valence-corrected chi connectivity index (χ1v) is 9.44. The number of ether oxygens (including phenoxy) is 1. The van der Waals surface area contributed by atoms with Crippen molar-refractivity contribution in [2.45, 2.75) is 39.5 Å². The number of rotatable bonds is 5. The summed E-state index contributed by atoms with van der Waals surface area (Å²) in [5.74, 6) is -0.00721. The molecule has 0 fully saturated rings. The molecule has 2 aromatic heterocycles. The quantitative estimate of drug-likeness (QED) is 0.818. The summed E-state index contributed by atoms with van der Waals surface area (Å²) in [5.41, 5.74) is 2.05. The van der Waals surface area contributed by atoms with Crippen LogP contribution in [0.25, 0.3) is 0 Å². The minimum atomic E-state index is -0.338. The van der Waals surface area contributed by atoms with Crippen LogP contribution in [0.1, 0.15) is 57.8 Å². The van der Waals surface area contributed by atoms with E-state index < -0.39 is 0 Å². The Hall–Kier alpha value is -2.21. The molecule has 2 aromatic rings. The van der Waals surface area contributed by atoms with Crippen molar-refractivity contribution in [3.8, 4) is 0 Å². The van der Waals surface area contributed by atoms with Gasteiger partial charge in [-0.3, -0.25) is 9.78 Å². The zero-order valence-corrected chi connectivity index (χ0v) is 15.3. The second kappa shape index (κ2) is 7.78. The number of fused-ring (bicyclic) bond motifs is 1. The van der Waals surface area contributed by atoms with E-state index in [4.69, 9.17) is 4.74 Å². The lowest BCUT2D eigenvalue weighted by Crippen LogP contribution is -2.17. The number of carbonyl (C=O) groups excluding carboxylic acids is 2. The lowest BCUT2D eigenvalue weighted by molar-refractivity contribution is 0.0505. The summed E-state index contributed by atoms with van der Waals surface area (Å²) in [6.45, 7) is 4.56. The fraction of sp³-hybridized carbons (Fsp3) is 0.421. The average molecular weight is 358 g/mol. The number of esters is 1. The Morgan fingerprint density at radius 2 is 2.28 bits per heavy atom. The molecule has 0 aliphatic heterocycles. The van der Waals surface area contributed by atoms with Crippen molar-refractivity contribution >= 4 is 28.2 Å². The summed E-state index contributed by atoms with van der Waals surface area (Å²) in [4.78, 5) is 30.2. The van der Waals surface area contributed by atoms with Gasteiger partial charge in [-0.15, -0.1) is 11.3 Å². The summed E-state index contributed by atoms with van der Waals surface area (Å²) in [6.07, 6.45) is 6.75. The first-order chi connectivity index (χ1) is 12.1. The van der Waals surface area contributed by atoms with Crippen molar-refractivity contribution in [3.05, 3.63) is 46.1 Å². The van der Waals surface area contributed by atoms with Crippen molar-refractivity contribution in [2.75, 3.05) is 11.9 Å². The molecule has 0 unspecified atom stereocenters. The SMILES string of the molecule is CCCOC(=O)c1c(NC(=O)c2cccnc2)sc2c1CC[C@@H](C)C2. The Bertz CT molecular complexity index is 770. The first-order valence-electron chi connectivity index (χ1n) is 8.63. The molecule has 132 valence electrons. The maximum Gasteiger partial charge on any atom is 0.341 e. The van der Waals surface area contributed by atoms with Gasteiger partial charge >= 0.3 is 5.97 Å². The van der Waals surface area contributed by atoms with E-state index in [1.165, 1.54) is 22.4 Å². The predicted molar refractivity (Wildman–Crippen MR) is 98.3 cm³/mol. The maximum atomic E-state index is 12.6. The number of nitrogens with one attached hydrogen (secondary N) is 1. The molecule has 1 atom stereocenters. The zero-order valence-electron chi connectivity index (χ0n) is 14.5. The first kappa shape index (κ1) is 17.6. The third kappa shape index (κ3) is 3.90. The van der Waals surface area contributed by atoms with Crippen molar-refractivity contribution in [1.82, 2.24) is 4.98 Å². The molecule has 1 amide bonds. The monoisotopic (exact) mass is 358 g/mol. The molecule has 0 aromatic carbocycles. The Labute approximate surface area is 151 Å². The smallest absolute Gasteiger partial charge is 0.341 e. The highest BCUT2D eigenvalue weighted by Gasteiger charge is 2.29. The third-order valence-corrected chi connectivity index (χ3v) is 5.47. The fourth-order valence-electron chi connectivity index (χ4n) is 2.99. The normalized spacial score (nSPS) is 16.2. The molecule has 1 aliphatic carbocycles. The van der Waals surface area contributed by atoms with Crippen molar-refractivity contribution in [2.24, 2.45) is 5.92 Å². The number of nitrogens with zero attached hydrogens (tertiary/aromatic N) is 1. The Balaban J connectivity index is 1.92. The van der Waals surface area contributed by atoms with Crippen LogP contribution in [0, 0.1) is 5.92 Å². The van der Waals surface area contributed by atoms with Gasteiger partial charge in [0.25, 0.3) is 5.91 Å². The molecule has 6 heteroatoms. The van der Waals surface area contributed by atoms with Gasteiger partial charge < -0.3 is 10.1 Å². The van der Waals surface area contributed by atoms with Gasteiger partial charge in [0.2, 0.25) is 0 Å². The van der Waals surface area contributed by atoms with Crippen LogP contribution in [0.2, 0.25) is 0 Å². The van der Waals surface area contributed by atoms with E-state index >= 15 is 0 Å². The molecular formula is C19H22N2O3S. The van der Waals surface area contributed by atoms with E-state index in [1.807, 2.05) is 6.92 Å². The third-order valence-electron chi connectivity index (χ3n) is 4.30. The Morgan fingerprint density at radius 3 is 3.00 bits per heavy atom. The molecule has 25 heavy (non-hydrogen) atoms. The van der Waals surface area contributed by atoms with Crippen LogP contribution in [0.3, 0.4) is 0 Å². The number of aromatic nitrogens is 1. The van der Waals surface area contributed by atoms with Crippen LogP contribution in [0.4, 0.5) is 5.00 Å². The van der Waals surface area contributed by atoms with Gasteiger partial charge in [-0.05, 0) is 49.3 Å². The van der Waals surface area contributed by atoms with Crippen molar-refractivity contribution in [3.63, 3.8) is 0 Å². The van der Waals surface area contributed by atoms with E-state index in [0.717, 1.165) is 31.2 Å². The van der Waals surface area contributed by atoms with E-state index in [0.29, 0.717) is 28.7 Å². The van der Waals surface area contributed by atoms with Crippen molar-refractivity contribution < 1.29 is 14.3 Å². The second-order valence-corrected chi connectivity index (χ2v) is 7.49.